The summed E-state index contributed by atoms with van der Waals surface area (Å²) in [4.78, 5) is 0. The summed E-state index contributed by atoms with van der Waals surface area (Å²) < 4.78 is 0. The number of nitrogens with one attached hydrogen (secondary N) is 2. The Bertz CT molecular complexity index is 545. The molecule has 0 aromatic heterocycles. The van der Waals surface area contributed by atoms with E-state index in [4.69, 9.17) is 10.2 Å². The maximum absolute atomic E-state index is 8.87. The molecule has 1 aliphatic rings. The summed E-state index contributed by atoms with van der Waals surface area (Å²) in [7, 11) is 0. The highest BCUT2D eigenvalue weighted by Crippen LogP contribution is 2.06. The van der Waals surface area contributed by atoms with Crippen molar-refractivity contribution in [3.05, 3.63) is 28.8 Å². The second-order valence-electron chi connectivity index (χ2n) is 3.64. The fourth-order valence-electron chi connectivity index (χ4n) is 1.65. The maximum Gasteiger partial charge on any atom is 0.126 e. The fraction of sp³-hybridized carbons (Fsp3) is 0.364. The molecule has 18 heavy (non-hydrogen) atoms. The zero-order chi connectivity index (χ0) is 12.8. The molecule has 1 aromatic carbocycles. The Morgan fingerprint density at radius 3 is 2.50 bits per heavy atom. The Kier molecular flexibility index (Phi) is 4.21. The smallest absolute Gasteiger partial charge is 0.126 e. The van der Waals surface area contributed by atoms with Gasteiger partial charge in [0.25, 0.3) is 0 Å². The molecule has 1 heterocycles. The highest BCUT2D eigenvalue weighted by molar-refractivity contribution is 5.46. The molecule has 0 aliphatic carbocycles. The molecule has 0 saturated heterocycles. The Hall–Kier alpha value is -1.99. The van der Waals surface area contributed by atoms with Gasteiger partial charge in [-0.25, -0.2) is 0 Å². The first-order valence-corrected chi connectivity index (χ1v) is 5.68. The van der Waals surface area contributed by atoms with Crippen LogP contribution in [0.4, 0.5) is 5.69 Å². The van der Waals surface area contributed by atoms with Crippen molar-refractivity contribution < 1.29 is 10.2 Å². The molecule has 0 bridgehead atoms. The van der Waals surface area contributed by atoms with Crippen LogP contribution in [0.25, 0.3) is 5.82 Å². The number of aliphatic hydroxyl groups excluding tert-OH is 2. The van der Waals surface area contributed by atoms with Gasteiger partial charge in [0.05, 0.1) is 13.2 Å². The normalized spacial score (nSPS) is 11.9. The minimum absolute atomic E-state index is 0.0191. The zero-order valence-electron chi connectivity index (χ0n) is 9.80. The predicted molar refractivity (Wildman–Crippen MR) is 65.3 cm³/mol. The van der Waals surface area contributed by atoms with Gasteiger partial charge >= 0.3 is 0 Å². The topological polar surface area (TPSA) is 102 Å². The molecule has 0 spiro atoms. The summed E-state index contributed by atoms with van der Waals surface area (Å²) in [5, 5.41) is 36.8. The summed E-state index contributed by atoms with van der Waals surface area (Å²) in [6.45, 7) is 0.855. The molecule has 0 radical (unpaired) electrons. The van der Waals surface area contributed by atoms with E-state index in [0.717, 1.165) is 5.22 Å². The van der Waals surface area contributed by atoms with Crippen LogP contribution in [-0.2, 0) is 0 Å². The van der Waals surface area contributed by atoms with E-state index in [1.165, 1.54) is 0 Å². The highest BCUT2D eigenvalue weighted by atomic mass is 16.3. The van der Waals surface area contributed by atoms with E-state index < -0.39 is 0 Å². The van der Waals surface area contributed by atoms with E-state index in [1.54, 1.807) is 0 Å². The summed E-state index contributed by atoms with van der Waals surface area (Å²) >= 11 is 0. The molecule has 0 amide bonds. The largest absolute Gasteiger partial charge is 0.395 e. The van der Waals surface area contributed by atoms with Crippen LogP contribution < -0.4 is 21.2 Å². The van der Waals surface area contributed by atoms with E-state index in [2.05, 4.69) is 26.1 Å². The fourth-order valence-corrected chi connectivity index (χ4v) is 1.65. The number of nitrogens with zero attached hydrogens (tertiary/aromatic N) is 3. The van der Waals surface area contributed by atoms with E-state index in [0.29, 0.717) is 30.0 Å². The molecule has 2 rings (SSSR count). The quantitative estimate of drug-likeness (QED) is 0.495. The van der Waals surface area contributed by atoms with Crippen molar-refractivity contribution in [2.75, 3.05) is 26.3 Å². The lowest BCUT2D eigenvalue weighted by Crippen LogP contribution is -2.40. The second kappa shape index (κ2) is 6.08. The van der Waals surface area contributed by atoms with E-state index in [1.807, 2.05) is 18.2 Å². The van der Waals surface area contributed by atoms with Crippen molar-refractivity contribution in [2.24, 2.45) is 15.4 Å². The van der Waals surface area contributed by atoms with Crippen molar-refractivity contribution in [2.45, 2.75) is 0 Å². The summed E-state index contributed by atoms with van der Waals surface area (Å²) in [6.07, 6.45) is 0. The number of hydrogen-bond acceptors (Lipinski definition) is 7. The molecule has 1 aromatic rings. The van der Waals surface area contributed by atoms with Gasteiger partial charge in [-0.3, -0.25) is 0 Å². The number of hydrogen-bond donors (Lipinski definition) is 4. The third kappa shape index (κ3) is 2.63. The average molecular weight is 249 g/mol. The molecule has 0 unspecified atom stereocenters. The van der Waals surface area contributed by atoms with Crippen LogP contribution in [0.15, 0.2) is 33.6 Å². The van der Waals surface area contributed by atoms with Gasteiger partial charge < -0.3 is 20.8 Å². The molecular formula is C11H15N5O2. The average Bonchev–Trinajstić information content (AvgIpc) is 2.87. The van der Waals surface area contributed by atoms with Crippen LogP contribution in [0.5, 0.6) is 0 Å². The molecule has 1 aliphatic heterocycles. The molecule has 0 fully saturated rings. The summed E-state index contributed by atoms with van der Waals surface area (Å²) in [5.74, 6) is 0.700. The third-order valence-corrected chi connectivity index (χ3v) is 2.41. The summed E-state index contributed by atoms with van der Waals surface area (Å²) in [6, 6.07) is 5.56. The van der Waals surface area contributed by atoms with Crippen LogP contribution in [-0.4, -0.2) is 36.5 Å². The van der Waals surface area contributed by atoms with Crippen molar-refractivity contribution >= 4 is 11.5 Å². The van der Waals surface area contributed by atoms with Gasteiger partial charge in [0.2, 0.25) is 0 Å². The molecule has 0 atom stereocenters. The number of rotatable bonds is 6. The first-order chi connectivity index (χ1) is 8.86. The molecule has 96 valence electrons. The van der Waals surface area contributed by atoms with E-state index in [9.17, 15) is 0 Å². The second-order valence-corrected chi connectivity index (χ2v) is 3.64. The van der Waals surface area contributed by atoms with Gasteiger partial charge in [-0.2, -0.15) is 0 Å². The van der Waals surface area contributed by atoms with E-state index >= 15 is 0 Å². The Morgan fingerprint density at radius 2 is 1.83 bits per heavy atom. The third-order valence-electron chi connectivity index (χ3n) is 2.41. The number of fused-ring (bicyclic) bond motifs is 1. The standard InChI is InChI=1S/C11H15N5O2/c17-6-4-12-11(13-5-7-18)8-2-1-3-9-10(8)15-16-14-9/h1-3,12-13,17-18H,4-7H2. The van der Waals surface area contributed by atoms with E-state index in [-0.39, 0.29) is 13.2 Å². The first-order valence-electron chi connectivity index (χ1n) is 5.68. The number of benzene rings is 1. The summed E-state index contributed by atoms with van der Waals surface area (Å²) in [5.41, 5.74) is 0.710. The van der Waals surface area contributed by atoms with Crippen molar-refractivity contribution in [3.8, 4) is 0 Å². The SMILES string of the molecule is OCCNC(NCCO)=c1cccc2c1=NN=N2. The molecular weight excluding hydrogens is 234 g/mol. The monoisotopic (exact) mass is 249 g/mol. The first kappa shape index (κ1) is 12.5. The van der Waals surface area contributed by atoms with Crippen LogP contribution in [0.1, 0.15) is 0 Å². The predicted octanol–water partition coefficient (Wildman–Crippen LogP) is -1.45. The molecule has 7 nitrogen and oxygen atoms in total. The molecule has 0 saturated carbocycles. The Labute approximate surface area is 104 Å². The Morgan fingerprint density at radius 1 is 1.11 bits per heavy atom. The van der Waals surface area contributed by atoms with Crippen molar-refractivity contribution in [1.82, 2.24) is 10.6 Å². The zero-order valence-corrected chi connectivity index (χ0v) is 9.80. The minimum atomic E-state index is 0.0191. The van der Waals surface area contributed by atoms with Crippen LogP contribution in [0.2, 0.25) is 0 Å². The maximum atomic E-state index is 8.87. The van der Waals surface area contributed by atoms with Crippen LogP contribution >= 0.6 is 0 Å². The van der Waals surface area contributed by atoms with Gasteiger partial charge in [-0.05, 0) is 17.4 Å². The molecule has 4 N–H and O–H groups in total. The lowest BCUT2D eigenvalue weighted by atomic mass is 10.2. The van der Waals surface area contributed by atoms with Crippen molar-refractivity contribution in [1.29, 1.82) is 0 Å². The van der Waals surface area contributed by atoms with Gasteiger partial charge in [0.15, 0.2) is 0 Å². The van der Waals surface area contributed by atoms with Gasteiger partial charge in [0, 0.05) is 18.3 Å². The highest BCUT2D eigenvalue weighted by Gasteiger charge is 2.06. The lowest BCUT2D eigenvalue weighted by Gasteiger charge is -2.12. The van der Waals surface area contributed by atoms with Crippen molar-refractivity contribution in [3.63, 3.8) is 0 Å². The number of aliphatic hydroxyl groups is 2. The van der Waals surface area contributed by atoms with Crippen LogP contribution in [0.3, 0.4) is 0 Å². The van der Waals surface area contributed by atoms with Gasteiger partial charge in [-0.1, -0.05) is 6.07 Å². The minimum Gasteiger partial charge on any atom is -0.395 e. The lowest BCUT2D eigenvalue weighted by molar-refractivity contribution is 0.293. The molecule has 7 heteroatoms. The van der Waals surface area contributed by atoms with Crippen LogP contribution in [0, 0.1) is 0 Å². The van der Waals surface area contributed by atoms with Gasteiger partial charge in [0.1, 0.15) is 16.9 Å². The Balaban J connectivity index is 2.43. The van der Waals surface area contributed by atoms with Gasteiger partial charge in [-0.15, -0.1) is 10.2 Å².